The standard InChI is InChI=1S/C16H11BrN4OS/c17-11-5-3-4-10(8-11)15-20-14(22-21-15)9-23-16-18-12-6-1-2-7-13(12)19-16/h1-8H,9H2,(H,18,19). The molecule has 2 aromatic heterocycles. The number of thioether (sulfide) groups is 1. The predicted octanol–water partition coefficient (Wildman–Crippen LogP) is 4.67. The second kappa shape index (κ2) is 6.17. The molecule has 0 aliphatic rings. The highest BCUT2D eigenvalue weighted by atomic mass is 79.9. The molecule has 5 nitrogen and oxygen atoms in total. The number of aromatic nitrogens is 4. The normalized spacial score (nSPS) is 11.2. The molecule has 0 radical (unpaired) electrons. The first-order valence-electron chi connectivity index (χ1n) is 6.94. The van der Waals surface area contributed by atoms with Crippen molar-refractivity contribution in [1.82, 2.24) is 20.1 Å². The van der Waals surface area contributed by atoms with Gasteiger partial charge in [-0.25, -0.2) is 4.98 Å². The van der Waals surface area contributed by atoms with E-state index in [1.165, 1.54) is 11.8 Å². The zero-order valence-corrected chi connectivity index (χ0v) is 14.3. The molecular weight excluding hydrogens is 376 g/mol. The Balaban J connectivity index is 1.49. The van der Waals surface area contributed by atoms with Crippen molar-refractivity contribution in [1.29, 1.82) is 0 Å². The summed E-state index contributed by atoms with van der Waals surface area (Å²) in [4.78, 5) is 12.2. The van der Waals surface area contributed by atoms with Crippen LogP contribution >= 0.6 is 27.7 Å². The summed E-state index contributed by atoms with van der Waals surface area (Å²) >= 11 is 4.98. The number of hydrogen-bond acceptors (Lipinski definition) is 5. The smallest absolute Gasteiger partial charge is 0.237 e. The Morgan fingerprint density at radius 2 is 2.00 bits per heavy atom. The third-order valence-electron chi connectivity index (χ3n) is 3.25. The van der Waals surface area contributed by atoms with Crippen molar-refractivity contribution < 1.29 is 4.52 Å². The van der Waals surface area contributed by atoms with Crippen molar-refractivity contribution in [3.8, 4) is 11.4 Å². The van der Waals surface area contributed by atoms with Gasteiger partial charge in [0.15, 0.2) is 5.16 Å². The third kappa shape index (κ3) is 3.16. The van der Waals surface area contributed by atoms with Crippen LogP contribution in [0.5, 0.6) is 0 Å². The minimum Gasteiger partial charge on any atom is -0.338 e. The number of fused-ring (bicyclic) bond motifs is 1. The number of imidazole rings is 1. The fourth-order valence-electron chi connectivity index (χ4n) is 2.19. The topological polar surface area (TPSA) is 67.6 Å². The Bertz CT molecular complexity index is 932. The summed E-state index contributed by atoms with van der Waals surface area (Å²) in [6, 6.07) is 15.8. The van der Waals surface area contributed by atoms with E-state index in [0.29, 0.717) is 17.5 Å². The highest BCUT2D eigenvalue weighted by Gasteiger charge is 2.10. The van der Waals surface area contributed by atoms with Gasteiger partial charge in [0, 0.05) is 10.0 Å². The van der Waals surface area contributed by atoms with E-state index in [0.717, 1.165) is 26.2 Å². The van der Waals surface area contributed by atoms with Crippen LogP contribution in [0.1, 0.15) is 5.89 Å². The van der Waals surface area contributed by atoms with Crippen LogP contribution < -0.4 is 0 Å². The Kier molecular flexibility index (Phi) is 3.88. The molecule has 0 bridgehead atoms. The molecule has 0 aliphatic carbocycles. The average molecular weight is 387 g/mol. The van der Waals surface area contributed by atoms with Crippen molar-refractivity contribution in [2.75, 3.05) is 0 Å². The lowest BCUT2D eigenvalue weighted by atomic mass is 10.2. The first-order chi connectivity index (χ1) is 11.3. The van der Waals surface area contributed by atoms with Crippen LogP contribution in [0.4, 0.5) is 0 Å². The summed E-state index contributed by atoms with van der Waals surface area (Å²) in [7, 11) is 0. The summed E-state index contributed by atoms with van der Waals surface area (Å²) in [5, 5.41) is 4.87. The monoisotopic (exact) mass is 386 g/mol. The Morgan fingerprint density at radius 1 is 1.09 bits per heavy atom. The number of rotatable bonds is 4. The molecule has 0 atom stereocenters. The number of nitrogens with zero attached hydrogens (tertiary/aromatic N) is 3. The predicted molar refractivity (Wildman–Crippen MR) is 93.1 cm³/mol. The summed E-state index contributed by atoms with van der Waals surface area (Å²) in [6.45, 7) is 0. The fraction of sp³-hybridized carbons (Fsp3) is 0.0625. The molecule has 2 aromatic carbocycles. The fourth-order valence-corrected chi connectivity index (χ4v) is 3.31. The van der Waals surface area contributed by atoms with E-state index in [1.54, 1.807) is 0 Å². The first kappa shape index (κ1) is 14.5. The highest BCUT2D eigenvalue weighted by molar-refractivity contribution is 9.10. The van der Waals surface area contributed by atoms with Crippen molar-refractivity contribution in [2.45, 2.75) is 10.9 Å². The average Bonchev–Trinajstić information content (AvgIpc) is 3.19. The number of nitrogens with one attached hydrogen (secondary N) is 1. The molecule has 0 spiro atoms. The lowest BCUT2D eigenvalue weighted by Gasteiger charge is -1.94. The van der Waals surface area contributed by atoms with Gasteiger partial charge in [-0.15, -0.1) is 0 Å². The lowest BCUT2D eigenvalue weighted by molar-refractivity contribution is 0.391. The van der Waals surface area contributed by atoms with Gasteiger partial charge >= 0.3 is 0 Å². The minimum atomic E-state index is 0.570. The molecular formula is C16H11BrN4OS. The van der Waals surface area contributed by atoms with Crippen LogP contribution in [-0.4, -0.2) is 20.1 Å². The number of aromatic amines is 1. The summed E-state index contributed by atoms with van der Waals surface area (Å²) < 4.78 is 6.30. The SMILES string of the molecule is Brc1cccc(-c2noc(CSc3nc4ccccc4[nH]3)n2)c1. The molecule has 114 valence electrons. The molecule has 23 heavy (non-hydrogen) atoms. The van der Waals surface area contributed by atoms with Crippen LogP contribution in [0, 0.1) is 0 Å². The largest absolute Gasteiger partial charge is 0.338 e. The molecule has 4 rings (SSSR count). The zero-order chi connectivity index (χ0) is 15.6. The molecule has 0 saturated carbocycles. The molecule has 0 fully saturated rings. The third-order valence-corrected chi connectivity index (χ3v) is 4.60. The maximum Gasteiger partial charge on any atom is 0.237 e. The quantitative estimate of drug-likeness (QED) is 0.516. The van der Waals surface area contributed by atoms with E-state index >= 15 is 0 Å². The number of para-hydroxylation sites is 2. The van der Waals surface area contributed by atoms with Crippen LogP contribution in [0.25, 0.3) is 22.4 Å². The van der Waals surface area contributed by atoms with E-state index in [1.807, 2.05) is 48.5 Å². The van der Waals surface area contributed by atoms with Gasteiger partial charge in [0.1, 0.15) is 0 Å². The van der Waals surface area contributed by atoms with Gasteiger partial charge in [0.2, 0.25) is 11.7 Å². The van der Waals surface area contributed by atoms with E-state index in [2.05, 4.69) is 36.0 Å². The summed E-state index contributed by atoms with van der Waals surface area (Å²) in [6.07, 6.45) is 0. The van der Waals surface area contributed by atoms with Gasteiger partial charge in [0.05, 0.1) is 16.8 Å². The first-order valence-corrected chi connectivity index (χ1v) is 8.72. The van der Waals surface area contributed by atoms with Crippen molar-refractivity contribution in [2.24, 2.45) is 0 Å². The molecule has 4 aromatic rings. The van der Waals surface area contributed by atoms with E-state index in [-0.39, 0.29) is 0 Å². The van der Waals surface area contributed by atoms with E-state index in [9.17, 15) is 0 Å². The van der Waals surface area contributed by atoms with E-state index < -0.39 is 0 Å². The van der Waals surface area contributed by atoms with Gasteiger partial charge in [0.25, 0.3) is 0 Å². The van der Waals surface area contributed by atoms with Gasteiger partial charge in [-0.2, -0.15) is 4.98 Å². The summed E-state index contributed by atoms with van der Waals surface area (Å²) in [5.41, 5.74) is 2.90. The highest BCUT2D eigenvalue weighted by Crippen LogP contribution is 2.24. The van der Waals surface area contributed by atoms with Crippen LogP contribution in [0.3, 0.4) is 0 Å². The minimum absolute atomic E-state index is 0.570. The number of hydrogen-bond donors (Lipinski definition) is 1. The van der Waals surface area contributed by atoms with Gasteiger partial charge in [-0.3, -0.25) is 0 Å². The molecule has 0 amide bonds. The molecule has 7 heteroatoms. The second-order valence-corrected chi connectivity index (χ2v) is 6.75. The maximum absolute atomic E-state index is 5.32. The zero-order valence-electron chi connectivity index (χ0n) is 11.9. The summed E-state index contributed by atoms with van der Waals surface area (Å²) in [5.74, 6) is 1.73. The Labute approximate surface area is 144 Å². The molecule has 0 unspecified atom stereocenters. The van der Waals surface area contributed by atoms with Crippen LogP contribution in [0.2, 0.25) is 0 Å². The molecule has 2 heterocycles. The van der Waals surface area contributed by atoms with Gasteiger partial charge < -0.3 is 9.51 Å². The Hall–Kier alpha value is -2.12. The van der Waals surface area contributed by atoms with Crippen molar-refractivity contribution >= 4 is 38.7 Å². The van der Waals surface area contributed by atoms with Gasteiger partial charge in [-0.1, -0.05) is 57.1 Å². The van der Waals surface area contributed by atoms with Crippen LogP contribution in [-0.2, 0) is 5.75 Å². The lowest BCUT2D eigenvalue weighted by Crippen LogP contribution is -1.83. The molecule has 1 N–H and O–H groups in total. The number of halogens is 1. The van der Waals surface area contributed by atoms with Crippen molar-refractivity contribution in [3.63, 3.8) is 0 Å². The van der Waals surface area contributed by atoms with Gasteiger partial charge in [-0.05, 0) is 24.3 Å². The number of H-pyrrole nitrogens is 1. The van der Waals surface area contributed by atoms with E-state index in [4.69, 9.17) is 4.52 Å². The Morgan fingerprint density at radius 3 is 2.87 bits per heavy atom. The van der Waals surface area contributed by atoms with Crippen molar-refractivity contribution in [3.05, 3.63) is 58.9 Å². The molecule has 0 saturated heterocycles. The molecule has 0 aliphatic heterocycles. The number of benzene rings is 2. The van der Waals surface area contributed by atoms with Crippen LogP contribution in [0.15, 0.2) is 62.7 Å². The maximum atomic E-state index is 5.32. The second-order valence-electron chi connectivity index (χ2n) is 4.87.